The molecule has 3 rings (SSSR count). The fourth-order valence-electron chi connectivity index (χ4n) is 3.20. The highest BCUT2D eigenvalue weighted by molar-refractivity contribution is 6.03. The Bertz CT molecular complexity index is 621. The maximum atomic E-state index is 12.4. The predicted molar refractivity (Wildman–Crippen MR) is 92.9 cm³/mol. The zero-order chi connectivity index (χ0) is 16.8. The number of hydrogen-bond donors (Lipinski definition) is 2. The van der Waals surface area contributed by atoms with Gasteiger partial charge in [0, 0.05) is 19.6 Å². The van der Waals surface area contributed by atoms with Gasteiger partial charge < -0.3 is 15.4 Å². The molecule has 5 nitrogen and oxygen atoms in total. The minimum atomic E-state index is -0.179. The Morgan fingerprint density at radius 1 is 1.21 bits per heavy atom. The van der Waals surface area contributed by atoms with Crippen molar-refractivity contribution in [3.63, 3.8) is 0 Å². The van der Waals surface area contributed by atoms with Crippen molar-refractivity contribution in [3.8, 4) is 0 Å². The molecule has 0 saturated carbocycles. The summed E-state index contributed by atoms with van der Waals surface area (Å²) in [5.74, 6) is 0.0820. The SMILES string of the molecule is O=C(CC1C=CCC1)Nc1ccccc1C(=O)NCC1CCCO1. The van der Waals surface area contributed by atoms with Gasteiger partial charge in [0.05, 0.1) is 17.4 Å². The van der Waals surface area contributed by atoms with Gasteiger partial charge in [0.15, 0.2) is 0 Å². The average molecular weight is 328 g/mol. The van der Waals surface area contributed by atoms with Crippen molar-refractivity contribution in [2.75, 3.05) is 18.5 Å². The molecular formula is C19H24N2O3. The van der Waals surface area contributed by atoms with Gasteiger partial charge in [-0.3, -0.25) is 9.59 Å². The summed E-state index contributed by atoms with van der Waals surface area (Å²) in [4.78, 5) is 24.6. The lowest BCUT2D eigenvalue weighted by molar-refractivity contribution is -0.116. The van der Waals surface area contributed by atoms with Gasteiger partial charge >= 0.3 is 0 Å². The number of allylic oxidation sites excluding steroid dienone is 2. The molecular weight excluding hydrogens is 304 g/mol. The smallest absolute Gasteiger partial charge is 0.253 e. The van der Waals surface area contributed by atoms with E-state index in [1.54, 1.807) is 18.2 Å². The number of rotatable bonds is 6. The van der Waals surface area contributed by atoms with E-state index in [0.29, 0.717) is 30.1 Å². The van der Waals surface area contributed by atoms with E-state index in [4.69, 9.17) is 4.74 Å². The van der Waals surface area contributed by atoms with E-state index in [2.05, 4.69) is 22.8 Å². The Labute approximate surface area is 142 Å². The van der Waals surface area contributed by atoms with Gasteiger partial charge in [-0.15, -0.1) is 0 Å². The number of amides is 2. The lowest BCUT2D eigenvalue weighted by Crippen LogP contribution is -2.32. The molecule has 1 aromatic rings. The molecule has 1 fully saturated rings. The highest BCUT2D eigenvalue weighted by Crippen LogP contribution is 2.22. The van der Waals surface area contributed by atoms with Crippen molar-refractivity contribution in [3.05, 3.63) is 42.0 Å². The zero-order valence-electron chi connectivity index (χ0n) is 13.8. The van der Waals surface area contributed by atoms with Gasteiger partial charge in [0.2, 0.25) is 5.91 Å². The second-order valence-electron chi connectivity index (χ2n) is 6.41. The van der Waals surface area contributed by atoms with Crippen LogP contribution < -0.4 is 10.6 Å². The number of anilines is 1. The number of ether oxygens (including phenoxy) is 1. The van der Waals surface area contributed by atoms with Crippen LogP contribution in [-0.2, 0) is 9.53 Å². The molecule has 5 heteroatoms. The maximum Gasteiger partial charge on any atom is 0.253 e. The van der Waals surface area contributed by atoms with E-state index in [-0.39, 0.29) is 17.9 Å². The minimum absolute atomic E-state index is 0.0501. The molecule has 2 aliphatic rings. The van der Waals surface area contributed by atoms with Crippen molar-refractivity contribution in [1.82, 2.24) is 5.32 Å². The molecule has 2 atom stereocenters. The lowest BCUT2D eigenvalue weighted by atomic mass is 10.0. The third-order valence-corrected chi connectivity index (χ3v) is 4.52. The van der Waals surface area contributed by atoms with Crippen LogP contribution in [0.1, 0.15) is 42.5 Å². The van der Waals surface area contributed by atoms with Crippen molar-refractivity contribution < 1.29 is 14.3 Å². The van der Waals surface area contributed by atoms with Crippen LogP contribution in [0.3, 0.4) is 0 Å². The second kappa shape index (κ2) is 8.11. The number of benzene rings is 1. The van der Waals surface area contributed by atoms with Gasteiger partial charge in [-0.25, -0.2) is 0 Å². The molecule has 1 aromatic carbocycles. The number of hydrogen-bond acceptors (Lipinski definition) is 3. The number of carbonyl (C=O) groups excluding carboxylic acids is 2. The molecule has 1 aliphatic heterocycles. The van der Waals surface area contributed by atoms with Crippen molar-refractivity contribution in [2.24, 2.45) is 5.92 Å². The van der Waals surface area contributed by atoms with Gasteiger partial charge in [-0.1, -0.05) is 24.3 Å². The number of nitrogens with one attached hydrogen (secondary N) is 2. The third kappa shape index (κ3) is 4.45. The topological polar surface area (TPSA) is 67.4 Å². The molecule has 2 N–H and O–H groups in total. The van der Waals surface area contributed by atoms with Crippen molar-refractivity contribution in [1.29, 1.82) is 0 Å². The predicted octanol–water partition coefficient (Wildman–Crippen LogP) is 2.89. The van der Waals surface area contributed by atoms with Crippen LogP contribution in [0.2, 0.25) is 0 Å². The van der Waals surface area contributed by atoms with Crippen molar-refractivity contribution >= 4 is 17.5 Å². The summed E-state index contributed by atoms with van der Waals surface area (Å²) in [5, 5.41) is 5.78. The summed E-state index contributed by atoms with van der Waals surface area (Å²) in [6.07, 6.45) is 8.87. The van der Waals surface area contributed by atoms with Crippen LogP contribution in [0, 0.1) is 5.92 Å². The Balaban J connectivity index is 1.57. The molecule has 0 aromatic heterocycles. The standard InChI is InChI=1S/C19H24N2O3/c22-18(12-14-6-1-2-7-14)21-17-10-4-3-9-16(17)19(23)20-13-15-8-5-11-24-15/h1,3-4,6,9-10,14-15H,2,5,7-8,11-13H2,(H,20,23)(H,21,22). The van der Waals surface area contributed by atoms with Gasteiger partial charge in [-0.2, -0.15) is 0 Å². The fourth-order valence-corrected chi connectivity index (χ4v) is 3.20. The molecule has 1 aliphatic carbocycles. The molecule has 2 amide bonds. The first kappa shape index (κ1) is 16.7. The summed E-state index contributed by atoms with van der Waals surface area (Å²) < 4.78 is 5.52. The van der Waals surface area contributed by atoms with E-state index < -0.39 is 0 Å². The molecule has 128 valence electrons. The maximum absolute atomic E-state index is 12.4. The Morgan fingerprint density at radius 2 is 2.08 bits per heavy atom. The summed E-state index contributed by atoms with van der Waals surface area (Å²) in [6, 6.07) is 7.12. The van der Waals surface area contributed by atoms with Crippen LogP contribution >= 0.6 is 0 Å². The highest BCUT2D eigenvalue weighted by atomic mass is 16.5. The molecule has 0 radical (unpaired) electrons. The summed E-state index contributed by atoms with van der Waals surface area (Å²) >= 11 is 0. The van der Waals surface area contributed by atoms with Gasteiger partial charge in [-0.05, 0) is 43.7 Å². The van der Waals surface area contributed by atoms with Crippen LogP contribution in [0.15, 0.2) is 36.4 Å². The largest absolute Gasteiger partial charge is 0.376 e. The monoisotopic (exact) mass is 328 g/mol. The zero-order valence-corrected chi connectivity index (χ0v) is 13.8. The van der Waals surface area contributed by atoms with E-state index in [1.807, 2.05) is 6.07 Å². The Kier molecular flexibility index (Phi) is 5.64. The minimum Gasteiger partial charge on any atom is -0.376 e. The van der Waals surface area contributed by atoms with E-state index >= 15 is 0 Å². The van der Waals surface area contributed by atoms with Gasteiger partial charge in [0.1, 0.15) is 0 Å². The Hall–Kier alpha value is -2.14. The van der Waals surface area contributed by atoms with E-state index in [0.717, 1.165) is 32.3 Å². The summed E-state index contributed by atoms with van der Waals surface area (Å²) in [5.41, 5.74) is 1.06. The van der Waals surface area contributed by atoms with Crippen molar-refractivity contribution in [2.45, 2.75) is 38.2 Å². The lowest BCUT2D eigenvalue weighted by Gasteiger charge is -2.14. The first-order chi connectivity index (χ1) is 11.7. The highest BCUT2D eigenvalue weighted by Gasteiger charge is 2.19. The molecule has 0 spiro atoms. The average Bonchev–Trinajstić information content (AvgIpc) is 3.26. The molecule has 1 heterocycles. The second-order valence-corrected chi connectivity index (χ2v) is 6.41. The van der Waals surface area contributed by atoms with Crippen LogP contribution in [0.25, 0.3) is 0 Å². The quantitative estimate of drug-likeness (QED) is 0.789. The van der Waals surface area contributed by atoms with E-state index in [1.165, 1.54) is 0 Å². The summed E-state index contributed by atoms with van der Waals surface area (Å²) in [6.45, 7) is 1.27. The van der Waals surface area contributed by atoms with Gasteiger partial charge in [0.25, 0.3) is 5.91 Å². The first-order valence-corrected chi connectivity index (χ1v) is 8.67. The Morgan fingerprint density at radius 3 is 2.83 bits per heavy atom. The molecule has 1 saturated heterocycles. The summed E-state index contributed by atoms with van der Waals surface area (Å²) in [7, 11) is 0. The molecule has 24 heavy (non-hydrogen) atoms. The third-order valence-electron chi connectivity index (χ3n) is 4.52. The molecule has 2 unspecified atom stereocenters. The number of carbonyl (C=O) groups is 2. The fraction of sp³-hybridized carbons (Fsp3) is 0.474. The normalized spacial score (nSPS) is 22.5. The number of para-hydroxylation sites is 1. The molecule has 0 bridgehead atoms. The van der Waals surface area contributed by atoms with Crippen LogP contribution in [0.5, 0.6) is 0 Å². The van der Waals surface area contributed by atoms with E-state index in [9.17, 15) is 9.59 Å². The first-order valence-electron chi connectivity index (χ1n) is 8.67. The van der Waals surface area contributed by atoms with Crippen LogP contribution in [0.4, 0.5) is 5.69 Å². The van der Waals surface area contributed by atoms with Crippen LogP contribution in [-0.4, -0.2) is 31.1 Å².